The molecule has 0 aliphatic carbocycles. The number of thioether (sulfide) groups is 2. The van der Waals surface area contributed by atoms with Crippen LogP contribution in [0, 0.1) is 5.92 Å². The van der Waals surface area contributed by atoms with Gasteiger partial charge in [0.2, 0.25) is 11.8 Å². The van der Waals surface area contributed by atoms with Crippen LogP contribution in [0.2, 0.25) is 0 Å². The molecular formula is C12H16N2O2S4. The van der Waals surface area contributed by atoms with Gasteiger partial charge in [-0.3, -0.25) is 9.59 Å². The van der Waals surface area contributed by atoms with E-state index in [0.717, 1.165) is 25.7 Å². The maximum atomic E-state index is 12.0. The number of hydrogen-bond acceptors (Lipinski definition) is 6. The van der Waals surface area contributed by atoms with Gasteiger partial charge in [0, 0.05) is 5.92 Å². The van der Waals surface area contributed by atoms with E-state index in [1.807, 2.05) is 0 Å². The molecule has 1 unspecified atom stereocenters. The fraction of sp³-hybridized carbons (Fsp3) is 0.667. The summed E-state index contributed by atoms with van der Waals surface area (Å²) in [5, 5.41) is 4.79. The Kier molecular flexibility index (Phi) is 5.83. The lowest BCUT2D eigenvalue weighted by Gasteiger charge is -2.24. The van der Waals surface area contributed by atoms with Crippen LogP contribution in [-0.4, -0.2) is 31.0 Å². The molecule has 2 N–H and O–H groups in total. The third-order valence-corrected chi connectivity index (χ3v) is 6.40. The molecule has 2 aliphatic heterocycles. The third-order valence-electron chi connectivity index (χ3n) is 3.35. The normalized spacial score (nSPS) is 27.6. The molecule has 0 aromatic heterocycles. The Hall–Kier alpha value is -0.180. The topological polar surface area (TPSA) is 58.2 Å². The van der Waals surface area contributed by atoms with Crippen molar-refractivity contribution >= 4 is 68.4 Å². The Morgan fingerprint density at radius 1 is 1.05 bits per heavy atom. The molecular weight excluding hydrogens is 332 g/mol. The van der Waals surface area contributed by atoms with Crippen molar-refractivity contribution in [3.05, 3.63) is 0 Å². The van der Waals surface area contributed by atoms with E-state index in [1.165, 1.54) is 23.5 Å². The van der Waals surface area contributed by atoms with Crippen molar-refractivity contribution in [2.75, 3.05) is 0 Å². The molecule has 4 nitrogen and oxygen atoms in total. The molecule has 0 bridgehead atoms. The summed E-state index contributed by atoms with van der Waals surface area (Å²) >= 11 is 12.8. The minimum atomic E-state index is -0.275. The monoisotopic (exact) mass is 348 g/mol. The summed E-state index contributed by atoms with van der Waals surface area (Å²) in [6, 6.07) is 0. The predicted molar refractivity (Wildman–Crippen MR) is 91.9 cm³/mol. The van der Waals surface area contributed by atoms with E-state index in [2.05, 4.69) is 17.6 Å². The van der Waals surface area contributed by atoms with Gasteiger partial charge in [-0.1, -0.05) is 74.1 Å². The van der Waals surface area contributed by atoms with Crippen molar-refractivity contribution in [1.29, 1.82) is 0 Å². The first-order valence-electron chi connectivity index (χ1n) is 6.56. The standard InChI is InChI=1S/C12H16N2O2S4/c1-2-3-4-5-6(7-9(15)13-11(17)19-7)8-10(16)14-12(18)20-8/h6-8H,2-5H2,1H3,(H,13,15,17)(H,14,16,18)/t6?,7-,8+. The Morgan fingerprint density at radius 3 is 1.90 bits per heavy atom. The summed E-state index contributed by atoms with van der Waals surface area (Å²) in [6.07, 6.45) is 4.06. The quantitative estimate of drug-likeness (QED) is 0.567. The van der Waals surface area contributed by atoms with Gasteiger partial charge < -0.3 is 10.6 Å². The highest BCUT2D eigenvalue weighted by Crippen LogP contribution is 2.38. The molecule has 3 atom stereocenters. The van der Waals surface area contributed by atoms with Gasteiger partial charge in [0.1, 0.15) is 8.64 Å². The number of carbonyl (C=O) groups is 2. The molecule has 0 aromatic carbocycles. The summed E-state index contributed by atoms with van der Waals surface area (Å²) < 4.78 is 1.01. The average Bonchev–Trinajstić information content (AvgIpc) is 2.87. The maximum absolute atomic E-state index is 12.0. The van der Waals surface area contributed by atoms with E-state index in [-0.39, 0.29) is 28.2 Å². The molecule has 2 saturated heterocycles. The van der Waals surface area contributed by atoms with Crippen molar-refractivity contribution in [3.8, 4) is 0 Å². The number of nitrogens with one attached hydrogen (secondary N) is 2. The third kappa shape index (κ3) is 3.72. The zero-order chi connectivity index (χ0) is 14.7. The van der Waals surface area contributed by atoms with Gasteiger partial charge in [0.15, 0.2) is 0 Å². The molecule has 2 fully saturated rings. The van der Waals surface area contributed by atoms with Gasteiger partial charge in [-0.2, -0.15) is 0 Å². The molecule has 2 aliphatic rings. The highest BCUT2D eigenvalue weighted by atomic mass is 32.2. The SMILES string of the molecule is CCCCCC([C@@H]1SC(=S)NC1=O)[C@H]1SC(=S)NC1=O. The second-order valence-corrected chi connectivity index (χ2v) is 8.43. The van der Waals surface area contributed by atoms with Crippen LogP contribution in [0.15, 0.2) is 0 Å². The van der Waals surface area contributed by atoms with Crippen molar-refractivity contribution < 1.29 is 9.59 Å². The number of amides is 2. The first-order valence-corrected chi connectivity index (χ1v) is 9.13. The van der Waals surface area contributed by atoms with Crippen LogP contribution in [-0.2, 0) is 9.59 Å². The smallest absolute Gasteiger partial charge is 0.239 e. The largest absolute Gasteiger partial charge is 0.311 e. The highest BCUT2D eigenvalue weighted by Gasteiger charge is 2.45. The summed E-state index contributed by atoms with van der Waals surface area (Å²) in [4.78, 5) is 24.0. The van der Waals surface area contributed by atoms with Gasteiger partial charge >= 0.3 is 0 Å². The first kappa shape index (κ1) is 16.2. The molecule has 2 amide bonds. The van der Waals surface area contributed by atoms with E-state index < -0.39 is 0 Å². The van der Waals surface area contributed by atoms with Crippen LogP contribution in [0.5, 0.6) is 0 Å². The molecule has 2 heterocycles. The fourth-order valence-electron chi connectivity index (χ4n) is 2.40. The van der Waals surface area contributed by atoms with Crippen molar-refractivity contribution in [3.63, 3.8) is 0 Å². The number of thiocarbonyl (C=S) groups is 2. The molecule has 0 radical (unpaired) electrons. The Bertz CT molecular complexity index is 419. The second-order valence-electron chi connectivity index (χ2n) is 4.79. The van der Waals surface area contributed by atoms with E-state index >= 15 is 0 Å². The number of carbonyl (C=O) groups excluding carboxylic acids is 2. The van der Waals surface area contributed by atoms with Crippen LogP contribution in [0.1, 0.15) is 32.6 Å². The van der Waals surface area contributed by atoms with Crippen molar-refractivity contribution in [1.82, 2.24) is 10.6 Å². The van der Waals surface area contributed by atoms with Crippen molar-refractivity contribution in [2.45, 2.75) is 43.1 Å². The summed E-state index contributed by atoms with van der Waals surface area (Å²) in [5.74, 6) is -0.183. The van der Waals surface area contributed by atoms with E-state index in [1.54, 1.807) is 0 Å². The van der Waals surface area contributed by atoms with Crippen molar-refractivity contribution in [2.24, 2.45) is 5.92 Å². The van der Waals surface area contributed by atoms with E-state index in [0.29, 0.717) is 8.64 Å². The average molecular weight is 349 g/mol. The molecule has 20 heavy (non-hydrogen) atoms. The van der Waals surface area contributed by atoms with Crippen LogP contribution >= 0.6 is 48.0 Å². The zero-order valence-electron chi connectivity index (χ0n) is 11.0. The minimum Gasteiger partial charge on any atom is -0.311 e. The van der Waals surface area contributed by atoms with E-state index in [4.69, 9.17) is 24.4 Å². The Labute approximate surface area is 137 Å². The minimum absolute atomic E-state index is 0.0301. The summed E-state index contributed by atoms with van der Waals surface area (Å²) in [5.41, 5.74) is 0. The van der Waals surface area contributed by atoms with Gasteiger partial charge in [0.25, 0.3) is 0 Å². The highest BCUT2D eigenvalue weighted by molar-refractivity contribution is 8.25. The fourth-order valence-corrected chi connectivity index (χ4v) is 5.37. The molecule has 0 saturated carbocycles. The lowest BCUT2D eigenvalue weighted by molar-refractivity contribution is -0.121. The van der Waals surface area contributed by atoms with Gasteiger partial charge in [-0.15, -0.1) is 0 Å². The van der Waals surface area contributed by atoms with Gasteiger partial charge in [-0.05, 0) is 6.42 Å². The second kappa shape index (κ2) is 7.20. The summed E-state index contributed by atoms with van der Waals surface area (Å²) in [7, 11) is 0. The molecule has 2 rings (SSSR count). The molecule has 8 heteroatoms. The van der Waals surface area contributed by atoms with Crippen LogP contribution in [0.25, 0.3) is 0 Å². The molecule has 110 valence electrons. The number of hydrogen-bond donors (Lipinski definition) is 2. The van der Waals surface area contributed by atoms with Crippen LogP contribution in [0.4, 0.5) is 0 Å². The Balaban J connectivity index is 2.12. The molecule has 0 spiro atoms. The molecule has 0 aromatic rings. The maximum Gasteiger partial charge on any atom is 0.239 e. The lowest BCUT2D eigenvalue weighted by Crippen LogP contribution is -2.39. The van der Waals surface area contributed by atoms with Gasteiger partial charge in [-0.25, -0.2) is 0 Å². The van der Waals surface area contributed by atoms with Crippen LogP contribution < -0.4 is 10.6 Å². The Morgan fingerprint density at radius 2 is 1.55 bits per heavy atom. The predicted octanol–water partition coefficient (Wildman–Crippen LogP) is 2.22. The zero-order valence-corrected chi connectivity index (χ0v) is 14.3. The van der Waals surface area contributed by atoms with Gasteiger partial charge in [0.05, 0.1) is 10.5 Å². The number of unbranched alkanes of at least 4 members (excludes halogenated alkanes) is 2. The van der Waals surface area contributed by atoms with Crippen LogP contribution in [0.3, 0.4) is 0 Å². The number of rotatable bonds is 6. The first-order chi connectivity index (χ1) is 9.52. The lowest BCUT2D eigenvalue weighted by atomic mass is 9.92. The summed E-state index contributed by atoms with van der Waals surface area (Å²) in [6.45, 7) is 2.13. The van der Waals surface area contributed by atoms with E-state index in [9.17, 15) is 9.59 Å².